The van der Waals surface area contributed by atoms with Crippen molar-refractivity contribution in [2.45, 2.75) is 12.8 Å². The van der Waals surface area contributed by atoms with E-state index in [4.69, 9.17) is 5.11 Å². The minimum atomic E-state index is -0.879. The number of carboxylic acid groups (broad SMARTS) is 1. The van der Waals surface area contributed by atoms with Crippen molar-refractivity contribution in [3.05, 3.63) is 12.7 Å². The van der Waals surface area contributed by atoms with Crippen LogP contribution in [0.3, 0.4) is 0 Å². The molecule has 0 aliphatic carbocycles. The van der Waals surface area contributed by atoms with Crippen LogP contribution >= 0.6 is 0 Å². The van der Waals surface area contributed by atoms with Crippen molar-refractivity contribution < 1.29 is 14.7 Å². The Morgan fingerprint density at radius 2 is 2.42 bits per heavy atom. The van der Waals surface area contributed by atoms with Gasteiger partial charge in [-0.3, -0.25) is 4.79 Å². The number of hydrogen-bond acceptors (Lipinski definition) is 3. The van der Waals surface area contributed by atoms with Crippen LogP contribution in [0.2, 0.25) is 0 Å². The molecule has 1 atom stereocenters. The number of rotatable bonds is 6. The molecule has 0 saturated carbocycles. The van der Waals surface area contributed by atoms with Gasteiger partial charge in [-0.25, -0.2) is 9.79 Å². The van der Waals surface area contributed by atoms with E-state index in [0.717, 1.165) is 0 Å². The van der Waals surface area contributed by atoms with E-state index in [0.29, 0.717) is 12.8 Å². The topological polar surface area (TPSA) is 66.7 Å². The molecule has 4 heteroatoms. The Hall–Kier alpha value is -1.41. The Morgan fingerprint density at radius 3 is 2.83 bits per heavy atom. The molecule has 66 valence electrons. The van der Waals surface area contributed by atoms with Gasteiger partial charge in [0.1, 0.15) is 0 Å². The van der Waals surface area contributed by atoms with Gasteiger partial charge in [-0.2, -0.15) is 0 Å². The third-order valence-corrected chi connectivity index (χ3v) is 1.45. The maximum atomic E-state index is 10.5. The minimum Gasteiger partial charge on any atom is -0.481 e. The molecule has 4 nitrogen and oxygen atoms in total. The van der Waals surface area contributed by atoms with Crippen LogP contribution in [0.4, 0.5) is 0 Å². The van der Waals surface area contributed by atoms with Crippen LogP contribution in [-0.2, 0) is 9.59 Å². The van der Waals surface area contributed by atoms with Gasteiger partial charge in [0.05, 0.1) is 12.5 Å². The number of aliphatic imine (C=N–C) groups is 1. The molecule has 1 N–H and O–H groups in total. The third kappa shape index (κ3) is 4.41. The molecular weight excluding hydrogens is 158 g/mol. The van der Waals surface area contributed by atoms with Crippen molar-refractivity contribution >= 4 is 12.0 Å². The van der Waals surface area contributed by atoms with E-state index < -0.39 is 11.9 Å². The molecule has 0 aromatic heterocycles. The molecule has 1 unspecified atom stereocenters. The number of aliphatic carboxylic acids is 1. The fraction of sp³-hybridized carbons (Fsp3) is 0.500. The lowest BCUT2D eigenvalue weighted by Gasteiger charge is -2.05. The first-order chi connectivity index (χ1) is 5.72. The zero-order chi connectivity index (χ0) is 9.40. The van der Waals surface area contributed by atoms with Crippen molar-refractivity contribution in [2.75, 3.05) is 6.54 Å². The third-order valence-electron chi connectivity index (χ3n) is 1.45. The lowest BCUT2D eigenvalue weighted by atomic mass is 10.0. The largest absolute Gasteiger partial charge is 0.481 e. The summed E-state index contributed by atoms with van der Waals surface area (Å²) in [7, 11) is 0. The molecule has 0 aromatic rings. The van der Waals surface area contributed by atoms with E-state index in [1.165, 1.54) is 6.08 Å². The van der Waals surface area contributed by atoms with Crippen LogP contribution < -0.4 is 0 Å². The second kappa shape index (κ2) is 6.31. The van der Waals surface area contributed by atoms with E-state index in [-0.39, 0.29) is 6.54 Å². The molecular formula is C8H11NO3. The van der Waals surface area contributed by atoms with Crippen molar-refractivity contribution in [3.63, 3.8) is 0 Å². The first kappa shape index (κ1) is 10.6. The minimum absolute atomic E-state index is 0.217. The summed E-state index contributed by atoms with van der Waals surface area (Å²) in [5, 5.41) is 8.62. The van der Waals surface area contributed by atoms with Gasteiger partial charge in [-0.15, -0.1) is 6.58 Å². The summed E-state index contributed by atoms with van der Waals surface area (Å²) in [6.07, 6.45) is 3.67. The molecule has 0 saturated heterocycles. The summed E-state index contributed by atoms with van der Waals surface area (Å²) in [5.41, 5.74) is 0. The summed E-state index contributed by atoms with van der Waals surface area (Å²) in [4.78, 5) is 23.4. The average Bonchev–Trinajstić information content (AvgIpc) is 2.03. The van der Waals surface area contributed by atoms with Gasteiger partial charge in [0.2, 0.25) is 6.08 Å². The Kier molecular flexibility index (Phi) is 5.57. The molecule has 0 aliphatic rings. The van der Waals surface area contributed by atoms with Crippen molar-refractivity contribution in [1.29, 1.82) is 0 Å². The first-order valence-electron chi connectivity index (χ1n) is 3.59. The zero-order valence-electron chi connectivity index (χ0n) is 6.69. The van der Waals surface area contributed by atoms with E-state index >= 15 is 0 Å². The van der Waals surface area contributed by atoms with Crippen molar-refractivity contribution in [1.82, 2.24) is 0 Å². The molecule has 0 aliphatic heterocycles. The zero-order valence-corrected chi connectivity index (χ0v) is 6.69. The van der Waals surface area contributed by atoms with Crippen LogP contribution in [0, 0.1) is 5.92 Å². The van der Waals surface area contributed by atoms with Crippen LogP contribution in [0.25, 0.3) is 0 Å². The van der Waals surface area contributed by atoms with Gasteiger partial charge in [-0.1, -0.05) is 6.08 Å². The van der Waals surface area contributed by atoms with Crippen LogP contribution in [-0.4, -0.2) is 23.7 Å². The van der Waals surface area contributed by atoms with Gasteiger partial charge in [0, 0.05) is 0 Å². The smallest absolute Gasteiger partial charge is 0.306 e. The number of carbonyl (C=O) groups excluding carboxylic acids is 1. The molecule has 0 aromatic carbocycles. The van der Waals surface area contributed by atoms with Gasteiger partial charge < -0.3 is 5.11 Å². The lowest BCUT2D eigenvalue weighted by molar-refractivity contribution is -0.141. The number of nitrogens with zero attached hydrogens (tertiary/aromatic N) is 1. The van der Waals surface area contributed by atoms with Crippen LogP contribution in [0.1, 0.15) is 12.8 Å². The van der Waals surface area contributed by atoms with Crippen molar-refractivity contribution in [3.8, 4) is 0 Å². The number of isocyanates is 1. The fourth-order valence-electron chi connectivity index (χ4n) is 0.809. The standard InChI is InChI=1S/C8H11NO3/c1-2-3-7(8(11)12)4-5-9-6-10/h2,7H,1,3-5H2,(H,11,12). The highest BCUT2D eigenvalue weighted by Crippen LogP contribution is 2.08. The fourth-order valence-corrected chi connectivity index (χ4v) is 0.809. The second-order valence-electron chi connectivity index (χ2n) is 2.32. The van der Waals surface area contributed by atoms with Gasteiger partial charge in [0.15, 0.2) is 0 Å². The number of hydrogen-bond donors (Lipinski definition) is 1. The number of allylic oxidation sites excluding steroid dienone is 1. The lowest BCUT2D eigenvalue weighted by Crippen LogP contribution is -2.13. The van der Waals surface area contributed by atoms with Crippen molar-refractivity contribution in [2.24, 2.45) is 10.9 Å². The van der Waals surface area contributed by atoms with Gasteiger partial charge in [0.25, 0.3) is 0 Å². The number of carboxylic acids is 1. The van der Waals surface area contributed by atoms with E-state index in [1.807, 2.05) is 0 Å². The molecule has 0 amide bonds. The Bertz CT molecular complexity index is 206. The maximum absolute atomic E-state index is 10.5. The normalized spacial score (nSPS) is 11.3. The molecule has 12 heavy (non-hydrogen) atoms. The summed E-state index contributed by atoms with van der Waals surface area (Å²) < 4.78 is 0. The van der Waals surface area contributed by atoms with Gasteiger partial charge >= 0.3 is 5.97 Å². The van der Waals surface area contributed by atoms with E-state index in [1.54, 1.807) is 6.08 Å². The first-order valence-corrected chi connectivity index (χ1v) is 3.59. The van der Waals surface area contributed by atoms with E-state index in [2.05, 4.69) is 11.6 Å². The maximum Gasteiger partial charge on any atom is 0.306 e. The quantitative estimate of drug-likeness (QED) is 0.366. The van der Waals surface area contributed by atoms with Crippen LogP contribution in [0.15, 0.2) is 17.6 Å². The Balaban J connectivity index is 3.86. The SMILES string of the molecule is C=CCC(CCN=C=O)C(=O)O. The highest BCUT2D eigenvalue weighted by molar-refractivity contribution is 5.70. The monoisotopic (exact) mass is 169 g/mol. The molecule has 0 spiro atoms. The molecule has 0 fully saturated rings. The summed E-state index contributed by atoms with van der Waals surface area (Å²) in [6.45, 7) is 3.66. The van der Waals surface area contributed by atoms with Crippen LogP contribution in [0.5, 0.6) is 0 Å². The molecule has 0 radical (unpaired) electrons. The second-order valence-corrected chi connectivity index (χ2v) is 2.32. The highest BCUT2D eigenvalue weighted by atomic mass is 16.4. The Morgan fingerprint density at radius 1 is 1.75 bits per heavy atom. The van der Waals surface area contributed by atoms with E-state index in [9.17, 15) is 9.59 Å². The molecule has 0 rings (SSSR count). The predicted molar refractivity (Wildman–Crippen MR) is 43.5 cm³/mol. The number of carbonyl (C=O) groups is 1. The summed E-state index contributed by atoms with van der Waals surface area (Å²) in [6, 6.07) is 0. The highest BCUT2D eigenvalue weighted by Gasteiger charge is 2.14. The van der Waals surface area contributed by atoms with Gasteiger partial charge in [-0.05, 0) is 12.8 Å². The predicted octanol–water partition coefficient (Wildman–Crippen LogP) is 0.989. The summed E-state index contributed by atoms with van der Waals surface area (Å²) >= 11 is 0. The Labute approximate surface area is 70.6 Å². The molecule has 0 heterocycles. The summed E-state index contributed by atoms with van der Waals surface area (Å²) in [5.74, 6) is -1.37. The average molecular weight is 169 g/mol. The molecule has 0 bridgehead atoms.